The third-order valence-corrected chi connectivity index (χ3v) is 6.19. The van der Waals surface area contributed by atoms with Crippen molar-refractivity contribution in [1.82, 2.24) is 9.88 Å². The van der Waals surface area contributed by atoms with Crippen molar-refractivity contribution in [3.8, 4) is 5.75 Å². The molecule has 4 rings (SSSR count). The van der Waals surface area contributed by atoms with Gasteiger partial charge in [-0.1, -0.05) is 23.7 Å². The van der Waals surface area contributed by atoms with Gasteiger partial charge in [0, 0.05) is 29.4 Å². The molecule has 1 saturated heterocycles. The van der Waals surface area contributed by atoms with Gasteiger partial charge in [-0.3, -0.25) is 14.6 Å². The number of carbonyl (C=O) groups is 2. The van der Waals surface area contributed by atoms with Gasteiger partial charge >= 0.3 is 0 Å². The lowest BCUT2D eigenvalue weighted by Crippen LogP contribution is -2.28. The molecule has 1 unspecified atom stereocenters. The van der Waals surface area contributed by atoms with Gasteiger partial charge in [-0.05, 0) is 48.2 Å². The van der Waals surface area contributed by atoms with Crippen LogP contribution < -0.4 is 4.74 Å². The van der Waals surface area contributed by atoms with Crippen LogP contribution in [0.1, 0.15) is 29.0 Å². The van der Waals surface area contributed by atoms with E-state index < -0.39 is 17.7 Å². The van der Waals surface area contributed by atoms with Crippen molar-refractivity contribution in [2.75, 3.05) is 6.61 Å². The Morgan fingerprint density at radius 3 is 2.77 bits per heavy atom. The number of amides is 1. The predicted octanol–water partition coefficient (Wildman–Crippen LogP) is 4.82. The van der Waals surface area contributed by atoms with Crippen LogP contribution in [0.5, 0.6) is 5.75 Å². The van der Waals surface area contributed by atoms with E-state index in [0.29, 0.717) is 12.4 Å². The lowest BCUT2D eigenvalue weighted by Gasteiger charge is -2.24. The Kier molecular flexibility index (Phi) is 6.06. The summed E-state index contributed by atoms with van der Waals surface area (Å²) in [6.45, 7) is 2.46. The summed E-state index contributed by atoms with van der Waals surface area (Å²) in [4.78, 5) is 32.3. The van der Waals surface area contributed by atoms with Crippen LogP contribution in [-0.2, 0) is 16.1 Å². The van der Waals surface area contributed by atoms with Crippen molar-refractivity contribution in [3.63, 3.8) is 0 Å². The van der Waals surface area contributed by atoms with Crippen LogP contribution in [0, 0.1) is 0 Å². The first kappa shape index (κ1) is 21.1. The second-order valence-corrected chi connectivity index (χ2v) is 8.26. The number of aliphatic hydroxyl groups excluding tert-OH is 1. The largest absolute Gasteiger partial charge is 0.507 e. The highest BCUT2D eigenvalue weighted by Gasteiger charge is 2.46. The second kappa shape index (κ2) is 8.91. The second-order valence-electron chi connectivity index (χ2n) is 6.88. The molecule has 3 heterocycles. The number of hydrogen-bond donors (Lipinski definition) is 1. The number of hydrogen-bond acceptors (Lipinski definition) is 6. The van der Waals surface area contributed by atoms with E-state index in [1.165, 1.54) is 16.2 Å². The van der Waals surface area contributed by atoms with Crippen molar-refractivity contribution < 1.29 is 19.4 Å². The first-order valence-electron chi connectivity index (χ1n) is 9.64. The summed E-state index contributed by atoms with van der Waals surface area (Å²) in [5.74, 6) is -1.25. The van der Waals surface area contributed by atoms with E-state index in [1.54, 1.807) is 36.7 Å². The van der Waals surface area contributed by atoms with E-state index in [0.717, 1.165) is 10.4 Å². The smallest absolute Gasteiger partial charge is 0.295 e. The number of carbonyl (C=O) groups excluding carboxylic acids is 2. The number of rotatable bonds is 6. The average Bonchev–Trinajstić information content (AvgIpc) is 3.38. The van der Waals surface area contributed by atoms with E-state index in [-0.39, 0.29) is 28.5 Å². The minimum Gasteiger partial charge on any atom is -0.507 e. The molecule has 1 amide bonds. The van der Waals surface area contributed by atoms with E-state index in [4.69, 9.17) is 16.3 Å². The molecule has 0 saturated carbocycles. The lowest BCUT2D eigenvalue weighted by molar-refractivity contribution is -0.140. The Morgan fingerprint density at radius 1 is 1.26 bits per heavy atom. The summed E-state index contributed by atoms with van der Waals surface area (Å²) >= 11 is 7.73. The zero-order valence-electron chi connectivity index (χ0n) is 16.6. The van der Waals surface area contributed by atoms with Crippen molar-refractivity contribution in [1.29, 1.82) is 0 Å². The Hall–Kier alpha value is -3.16. The molecule has 3 aromatic rings. The molecule has 1 N–H and O–H groups in total. The van der Waals surface area contributed by atoms with Crippen LogP contribution in [0.15, 0.2) is 65.8 Å². The minimum absolute atomic E-state index is 0.00638. The fourth-order valence-corrected chi connectivity index (χ4v) is 4.61. The van der Waals surface area contributed by atoms with E-state index in [9.17, 15) is 14.7 Å². The number of aliphatic hydroxyl groups is 1. The molecule has 1 aliphatic rings. The van der Waals surface area contributed by atoms with Crippen LogP contribution in [0.2, 0.25) is 5.02 Å². The molecule has 8 heteroatoms. The molecule has 2 aromatic heterocycles. The maximum absolute atomic E-state index is 13.1. The van der Waals surface area contributed by atoms with Crippen LogP contribution >= 0.6 is 22.9 Å². The minimum atomic E-state index is -0.752. The first-order valence-corrected chi connectivity index (χ1v) is 10.9. The Balaban J connectivity index is 1.85. The Labute approximate surface area is 188 Å². The van der Waals surface area contributed by atoms with Crippen molar-refractivity contribution in [2.24, 2.45) is 0 Å². The number of likely N-dealkylation sites (tertiary alicyclic amines) is 1. The molecule has 1 fully saturated rings. The number of pyridine rings is 1. The van der Waals surface area contributed by atoms with Gasteiger partial charge in [0.1, 0.15) is 11.5 Å². The maximum Gasteiger partial charge on any atom is 0.295 e. The molecule has 158 valence electrons. The predicted molar refractivity (Wildman–Crippen MR) is 119 cm³/mol. The standard InChI is InChI=1S/C23H19ClN2O4S/c1-2-30-15-7-8-17(24)16(11-15)21(27)19-20(18-6-4-10-31-18)26(23(29)22(19)28)13-14-5-3-9-25-12-14/h3-12,20,27H,2,13H2,1H3/b21-19-. The maximum atomic E-state index is 13.1. The number of ether oxygens (including phenoxy) is 1. The van der Waals surface area contributed by atoms with Gasteiger partial charge < -0.3 is 14.7 Å². The number of thiophene rings is 1. The third-order valence-electron chi connectivity index (χ3n) is 4.93. The number of nitrogens with zero attached hydrogens (tertiary/aromatic N) is 2. The molecule has 0 bridgehead atoms. The highest BCUT2D eigenvalue weighted by molar-refractivity contribution is 7.10. The van der Waals surface area contributed by atoms with E-state index in [2.05, 4.69) is 4.98 Å². The summed E-state index contributed by atoms with van der Waals surface area (Å²) in [5, 5.41) is 13.3. The van der Waals surface area contributed by atoms with Crippen molar-refractivity contribution in [2.45, 2.75) is 19.5 Å². The SMILES string of the molecule is CCOc1ccc(Cl)c(/C(O)=C2/C(=O)C(=O)N(Cc3cccnc3)C2c2cccs2)c1. The van der Waals surface area contributed by atoms with Crippen LogP contribution in [0.4, 0.5) is 0 Å². The number of halogens is 1. The van der Waals surface area contributed by atoms with Gasteiger partial charge in [0.25, 0.3) is 11.7 Å². The fourth-order valence-electron chi connectivity index (χ4n) is 3.56. The van der Waals surface area contributed by atoms with Gasteiger partial charge in [-0.2, -0.15) is 0 Å². The quantitative estimate of drug-likeness (QED) is 0.328. The number of ketones is 1. The molecule has 6 nitrogen and oxygen atoms in total. The van der Waals surface area contributed by atoms with E-state index in [1.807, 2.05) is 30.5 Å². The summed E-state index contributed by atoms with van der Waals surface area (Å²) in [6.07, 6.45) is 3.29. The molecule has 1 aromatic carbocycles. The first-order chi connectivity index (χ1) is 15.0. The summed E-state index contributed by atoms with van der Waals surface area (Å²) in [6, 6.07) is 11.4. The average molecular weight is 455 g/mol. The molecular weight excluding hydrogens is 436 g/mol. The highest BCUT2D eigenvalue weighted by atomic mass is 35.5. The zero-order valence-corrected chi connectivity index (χ0v) is 18.2. The van der Waals surface area contributed by atoms with Crippen molar-refractivity contribution >= 4 is 40.4 Å². The van der Waals surface area contributed by atoms with Crippen LogP contribution in [0.25, 0.3) is 5.76 Å². The van der Waals surface area contributed by atoms with Crippen LogP contribution in [0.3, 0.4) is 0 Å². The number of Topliss-reactive ketones (excluding diaryl/α,β-unsaturated/α-hetero) is 1. The van der Waals surface area contributed by atoms with Gasteiger partial charge in [-0.25, -0.2) is 0 Å². The summed E-state index contributed by atoms with van der Waals surface area (Å²) in [5.41, 5.74) is 1.03. The Bertz CT molecular complexity index is 1150. The molecule has 0 aliphatic carbocycles. The molecular formula is C23H19ClN2O4S. The topological polar surface area (TPSA) is 79.7 Å². The van der Waals surface area contributed by atoms with E-state index >= 15 is 0 Å². The molecule has 1 aliphatic heterocycles. The third kappa shape index (κ3) is 4.06. The van der Waals surface area contributed by atoms with Crippen LogP contribution in [-0.4, -0.2) is 33.3 Å². The molecule has 0 spiro atoms. The Morgan fingerprint density at radius 2 is 2.10 bits per heavy atom. The monoisotopic (exact) mass is 454 g/mol. The normalized spacial score (nSPS) is 17.9. The zero-order chi connectivity index (χ0) is 22.0. The van der Waals surface area contributed by atoms with Crippen molar-refractivity contribution in [3.05, 3.63) is 86.8 Å². The van der Waals surface area contributed by atoms with Gasteiger partial charge in [0.15, 0.2) is 0 Å². The van der Waals surface area contributed by atoms with Gasteiger partial charge in [0.2, 0.25) is 0 Å². The molecule has 31 heavy (non-hydrogen) atoms. The summed E-state index contributed by atoms with van der Waals surface area (Å²) in [7, 11) is 0. The van der Waals surface area contributed by atoms with Gasteiger partial charge in [0.05, 0.1) is 23.2 Å². The summed E-state index contributed by atoms with van der Waals surface area (Å²) < 4.78 is 5.50. The fraction of sp³-hybridized carbons (Fsp3) is 0.174. The highest BCUT2D eigenvalue weighted by Crippen LogP contribution is 2.43. The number of aromatic nitrogens is 1. The lowest BCUT2D eigenvalue weighted by atomic mass is 9.99. The molecule has 0 radical (unpaired) electrons. The van der Waals surface area contributed by atoms with Gasteiger partial charge in [-0.15, -0.1) is 11.3 Å². The number of benzene rings is 1. The molecule has 1 atom stereocenters.